The molecular weight excluding hydrogens is 238 g/mol. The van der Waals surface area contributed by atoms with Gasteiger partial charge < -0.3 is 14.5 Å². The van der Waals surface area contributed by atoms with Crippen molar-refractivity contribution in [3.63, 3.8) is 0 Å². The molecule has 0 amide bonds. The Bertz CT molecular complexity index is 386. The number of likely N-dealkylation sites (N-methyl/N-ethyl adjacent to an activating group) is 1. The van der Waals surface area contributed by atoms with Crippen molar-refractivity contribution in [2.75, 3.05) is 44.7 Å². The van der Waals surface area contributed by atoms with Gasteiger partial charge in [0.05, 0.1) is 13.3 Å². The van der Waals surface area contributed by atoms with Gasteiger partial charge in [0, 0.05) is 26.2 Å². The molecule has 0 radical (unpaired) electrons. The fourth-order valence-electron chi connectivity index (χ4n) is 1.86. The summed E-state index contributed by atoms with van der Waals surface area (Å²) in [5.41, 5.74) is 0. The minimum Gasteiger partial charge on any atom is -0.465 e. The second-order valence-corrected chi connectivity index (χ2v) is 4.93. The normalized spacial score (nSPS) is 17.2. The Hall–Kier alpha value is -1.14. The molecule has 0 aromatic carbocycles. The smallest absolute Gasteiger partial charge is 0.349 e. The van der Waals surface area contributed by atoms with E-state index >= 15 is 0 Å². The average molecular weight is 255 g/mol. The highest BCUT2D eigenvalue weighted by molar-refractivity contribution is 7.17. The van der Waals surface area contributed by atoms with Gasteiger partial charge in [0.2, 0.25) is 0 Å². The van der Waals surface area contributed by atoms with Crippen molar-refractivity contribution in [1.82, 2.24) is 9.88 Å². The molecule has 2 rings (SSSR count). The number of carbonyl (C=O) groups is 1. The summed E-state index contributed by atoms with van der Waals surface area (Å²) in [4.78, 5) is 20.8. The summed E-state index contributed by atoms with van der Waals surface area (Å²) >= 11 is 1.40. The number of esters is 1. The first-order valence-electron chi connectivity index (χ1n) is 5.76. The van der Waals surface area contributed by atoms with Crippen LogP contribution < -0.4 is 4.90 Å². The van der Waals surface area contributed by atoms with Crippen molar-refractivity contribution >= 4 is 22.4 Å². The summed E-state index contributed by atoms with van der Waals surface area (Å²) in [5, 5.41) is 0.918. The molecular formula is C11H17N3O2S. The maximum Gasteiger partial charge on any atom is 0.349 e. The fourth-order valence-corrected chi connectivity index (χ4v) is 2.75. The standard InChI is InChI=1S/C11H17N3O2S/c1-3-13-4-6-14(7-5-13)11-12-8-9(17-11)10(15)16-2/h8H,3-7H2,1-2H3. The van der Waals surface area contributed by atoms with Crippen molar-refractivity contribution in [3.8, 4) is 0 Å². The van der Waals surface area contributed by atoms with Gasteiger partial charge in [-0.3, -0.25) is 0 Å². The number of rotatable bonds is 3. The minimum absolute atomic E-state index is 0.305. The first-order chi connectivity index (χ1) is 8.24. The van der Waals surface area contributed by atoms with Crippen LogP contribution in [0.2, 0.25) is 0 Å². The molecule has 0 aliphatic carbocycles. The van der Waals surface area contributed by atoms with E-state index in [4.69, 9.17) is 0 Å². The Balaban J connectivity index is 1.99. The molecule has 1 aromatic rings. The minimum atomic E-state index is -0.305. The Kier molecular flexibility index (Phi) is 3.96. The lowest BCUT2D eigenvalue weighted by Gasteiger charge is -2.33. The van der Waals surface area contributed by atoms with Gasteiger partial charge in [-0.15, -0.1) is 0 Å². The molecule has 0 atom stereocenters. The van der Waals surface area contributed by atoms with E-state index in [1.807, 2.05) is 0 Å². The maximum atomic E-state index is 11.3. The summed E-state index contributed by atoms with van der Waals surface area (Å²) in [7, 11) is 1.39. The first-order valence-corrected chi connectivity index (χ1v) is 6.57. The van der Waals surface area contributed by atoms with Gasteiger partial charge in [-0.2, -0.15) is 0 Å². The molecule has 0 N–H and O–H groups in total. The van der Waals surface area contributed by atoms with Crippen LogP contribution >= 0.6 is 11.3 Å². The highest BCUT2D eigenvalue weighted by atomic mass is 32.1. The number of hydrogen-bond donors (Lipinski definition) is 0. The molecule has 1 aliphatic heterocycles. The highest BCUT2D eigenvalue weighted by Gasteiger charge is 2.19. The molecule has 0 spiro atoms. The van der Waals surface area contributed by atoms with Crippen LogP contribution in [0.15, 0.2) is 6.20 Å². The van der Waals surface area contributed by atoms with Gasteiger partial charge >= 0.3 is 5.97 Å². The first kappa shape index (κ1) is 12.3. The third-order valence-electron chi connectivity index (χ3n) is 2.97. The predicted molar refractivity (Wildman–Crippen MR) is 67.8 cm³/mol. The molecule has 1 saturated heterocycles. The number of aromatic nitrogens is 1. The van der Waals surface area contributed by atoms with Crippen LogP contribution in [0, 0.1) is 0 Å². The van der Waals surface area contributed by atoms with E-state index in [9.17, 15) is 4.79 Å². The second-order valence-electron chi connectivity index (χ2n) is 3.92. The number of anilines is 1. The lowest BCUT2D eigenvalue weighted by atomic mass is 10.3. The number of hydrogen-bond acceptors (Lipinski definition) is 6. The third-order valence-corrected chi connectivity index (χ3v) is 4.01. The number of thiazole rings is 1. The Morgan fingerprint density at radius 2 is 2.18 bits per heavy atom. The van der Waals surface area contributed by atoms with E-state index in [1.165, 1.54) is 18.4 Å². The van der Waals surface area contributed by atoms with Crippen molar-refractivity contribution in [1.29, 1.82) is 0 Å². The summed E-state index contributed by atoms with van der Waals surface area (Å²) in [6.07, 6.45) is 1.60. The molecule has 6 heteroatoms. The predicted octanol–water partition coefficient (Wildman–Crippen LogP) is 1.07. The maximum absolute atomic E-state index is 11.3. The SMILES string of the molecule is CCN1CCN(c2ncc(C(=O)OC)s2)CC1. The summed E-state index contributed by atoms with van der Waals surface area (Å²) in [5.74, 6) is -0.305. The quantitative estimate of drug-likeness (QED) is 0.756. The van der Waals surface area contributed by atoms with E-state index in [0.717, 1.165) is 37.9 Å². The second kappa shape index (κ2) is 5.46. The number of carbonyl (C=O) groups excluding carboxylic acids is 1. The van der Waals surface area contributed by atoms with E-state index in [1.54, 1.807) is 6.20 Å². The zero-order chi connectivity index (χ0) is 12.3. The monoisotopic (exact) mass is 255 g/mol. The molecule has 17 heavy (non-hydrogen) atoms. The topological polar surface area (TPSA) is 45.7 Å². The Morgan fingerprint density at radius 1 is 1.47 bits per heavy atom. The van der Waals surface area contributed by atoms with E-state index in [2.05, 4.69) is 26.4 Å². The van der Waals surface area contributed by atoms with Gasteiger partial charge in [0.15, 0.2) is 5.13 Å². The molecule has 0 unspecified atom stereocenters. The molecule has 0 saturated carbocycles. The molecule has 5 nitrogen and oxygen atoms in total. The van der Waals surface area contributed by atoms with Gasteiger partial charge in [-0.25, -0.2) is 9.78 Å². The Labute approximate surface area is 105 Å². The average Bonchev–Trinajstić information content (AvgIpc) is 2.87. The van der Waals surface area contributed by atoms with Crippen LogP contribution in [-0.4, -0.2) is 55.7 Å². The number of ether oxygens (including phenoxy) is 1. The van der Waals surface area contributed by atoms with Crippen LogP contribution in [0.25, 0.3) is 0 Å². The molecule has 0 bridgehead atoms. The number of nitrogens with zero attached hydrogens (tertiary/aromatic N) is 3. The van der Waals surface area contributed by atoms with Crippen molar-refractivity contribution < 1.29 is 9.53 Å². The summed E-state index contributed by atoms with van der Waals surface area (Å²) in [6, 6.07) is 0. The molecule has 1 aromatic heterocycles. The van der Waals surface area contributed by atoms with Gasteiger partial charge in [0.1, 0.15) is 4.88 Å². The van der Waals surface area contributed by atoms with Crippen LogP contribution in [-0.2, 0) is 4.74 Å². The van der Waals surface area contributed by atoms with Gasteiger partial charge in [0.25, 0.3) is 0 Å². The lowest BCUT2D eigenvalue weighted by Crippen LogP contribution is -2.46. The van der Waals surface area contributed by atoms with Crippen LogP contribution in [0.5, 0.6) is 0 Å². The van der Waals surface area contributed by atoms with Gasteiger partial charge in [-0.05, 0) is 6.54 Å². The number of piperazine rings is 1. The van der Waals surface area contributed by atoms with Crippen LogP contribution in [0.3, 0.4) is 0 Å². The zero-order valence-electron chi connectivity index (χ0n) is 10.2. The van der Waals surface area contributed by atoms with Crippen molar-refractivity contribution in [3.05, 3.63) is 11.1 Å². The molecule has 94 valence electrons. The van der Waals surface area contributed by atoms with Crippen LogP contribution in [0.4, 0.5) is 5.13 Å². The van der Waals surface area contributed by atoms with Gasteiger partial charge in [-0.1, -0.05) is 18.3 Å². The molecule has 1 fully saturated rings. The molecule has 1 aliphatic rings. The number of methoxy groups -OCH3 is 1. The summed E-state index contributed by atoms with van der Waals surface area (Å²) in [6.45, 7) is 7.34. The third kappa shape index (κ3) is 2.76. The zero-order valence-corrected chi connectivity index (χ0v) is 11.0. The van der Waals surface area contributed by atoms with E-state index in [0.29, 0.717) is 4.88 Å². The van der Waals surface area contributed by atoms with E-state index in [-0.39, 0.29) is 5.97 Å². The molecule has 2 heterocycles. The highest BCUT2D eigenvalue weighted by Crippen LogP contribution is 2.23. The Morgan fingerprint density at radius 3 is 2.76 bits per heavy atom. The summed E-state index contributed by atoms with van der Waals surface area (Å²) < 4.78 is 4.68. The van der Waals surface area contributed by atoms with E-state index < -0.39 is 0 Å². The fraction of sp³-hybridized carbons (Fsp3) is 0.636. The lowest BCUT2D eigenvalue weighted by molar-refractivity contribution is 0.0606. The van der Waals surface area contributed by atoms with Crippen LogP contribution in [0.1, 0.15) is 16.6 Å². The van der Waals surface area contributed by atoms with Crippen molar-refractivity contribution in [2.45, 2.75) is 6.92 Å². The van der Waals surface area contributed by atoms with Crippen molar-refractivity contribution in [2.24, 2.45) is 0 Å². The largest absolute Gasteiger partial charge is 0.465 e.